The van der Waals surface area contributed by atoms with Crippen LogP contribution in [-0.4, -0.2) is 49.3 Å². The van der Waals surface area contributed by atoms with Gasteiger partial charge < -0.3 is 14.7 Å². The fourth-order valence-corrected chi connectivity index (χ4v) is 3.17. The second kappa shape index (κ2) is 8.14. The lowest BCUT2D eigenvalue weighted by Crippen LogP contribution is -2.37. The number of ether oxygens (including phenoxy) is 1. The van der Waals surface area contributed by atoms with Gasteiger partial charge in [0.15, 0.2) is 0 Å². The molecule has 1 aliphatic heterocycles. The van der Waals surface area contributed by atoms with Crippen molar-refractivity contribution in [2.45, 2.75) is 13.1 Å². The van der Waals surface area contributed by atoms with Crippen LogP contribution in [0.2, 0.25) is 0 Å². The molecule has 0 aromatic heterocycles. The smallest absolute Gasteiger partial charge is 0.335 e. The molecule has 132 valence electrons. The fourth-order valence-electron chi connectivity index (χ4n) is 3.17. The molecule has 0 spiro atoms. The van der Waals surface area contributed by atoms with Gasteiger partial charge in [0, 0.05) is 31.9 Å². The predicted molar refractivity (Wildman–Crippen MR) is 98.0 cm³/mol. The number of carbonyl (C=O) groups is 1. The molecule has 1 aliphatic rings. The summed E-state index contributed by atoms with van der Waals surface area (Å²) in [5.74, 6) is -0.889. The van der Waals surface area contributed by atoms with Crippen LogP contribution in [0.3, 0.4) is 0 Å². The highest BCUT2D eigenvalue weighted by Gasteiger charge is 2.15. The molecule has 3 rings (SSSR count). The molecule has 0 radical (unpaired) electrons. The normalized spacial score (nSPS) is 14.7. The fraction of sp³-hybridized carbons (Fsp3) is 0.350. The molecular weight excluding hydrogens is 316 g/mol. The molecule has 5 heteroatoms. The van der Waals surface area contributed by atoms with Gasteiger partial charge in [-0.2, -0.15) is 0 Å². The van der Waals surface area contributed by atoms with Crippen LogP contribution in [0.1, 0.15) is 21.5 Å². The number of morpholine rings is 1. The first-order valence-electron chi connectivity index (χ1n) is 8.55. The Kier molecular flexibility index (Phi) is 5.68. The standard InChI is InChI=1S/C20H24N2O3/c1-21(14-16-6-8-17(9-7-16)20(23)24)15-18-4-2-3-5-19(18)22-10-12-25-13-11-22/h2-9H,10-15H2,1H3,(H,23,24). The number of carboxylic acids is 1. The van der Waals surface area contributed by atoms with E-state index < -0.39 is 5.97 Å². The first-order chi connectivity index (χ1) is 12.1. The minimum absolute atomic E-state index is 0.323. The third-order valence-corrected chi connectivity index (χ3v) is 4.44. The predicted octanol–water partition coefficient (Wildman–Crippen LogP) is 2.85. The summed E-state index contributed by atoms with van der Waals surface area (Å²) in [5.41, 5.74) is 4.01. The molecule has 0 amide bonds. The van der Waals surface area contributed by atoms with Gasteiger partial charge in [0.2, 0.25) is 0 Å². The Bertz CT molecular complexity index is 709. The summed E-state index contributed by atoms with van der Waals surface area (Å²) in [7, 11) is 2.08. The summed E-state index contributed by atoms with van der Waals surface area (Å²) in [4.78, 5) is 15.6. The van der Waals surface area contributed by atoms with E-state index in [9.17, 15) is 4.79 Å². The molecule has 1 N–H and O–H groups in total. The lowest BCUT2D eigenvalue weighted by molar-refractivity contribution is 0.0697. The molecular formula is C20H24N2O3. The van der Waals surface area contributed by atoms with E-state index in [0.29, 0.717) is 5.56 Å². The Morgan fingerprint density at radius 3 is 2.44 bits per heavy atom. The van der Waals surface area contributed by atoms with Crippen molar-refractivity contribution < 1.29 is 14.6 Å². The molecule has 0 aliphatic carbocycles. The molecule has 1 heterocycles. The summed E-state index contributed by atoms with van der Waals surface area (Å²) in [5, 5.41) is 8.98. The first-order valence-corrected chi connectivity index (χ1v) is 8.55. The average molecular weight is 340 g/mol. The molecule has 0 bridgehead atoms. The summed E-state index contributed by atoms with van der Waals surface area (Å²) >= 11 is 0. The van der Waals surface area contributed by atoms with Crippen molar-refractivity contribution in [3.63, 3.8) is 0 Å². The molecule has 0 unspecified atom stereocenters. The Labute approximate surface area is 148 Å². The summed E-state index contributed by atoms with van der Waals surface area (Å²) in [6, 6.07) is 15.6. The van der Waals surface area contributed by atoms with Gasteiger partial charge >= 0.3 is 5.97 Å². The number of rotatable bonds is 6. The number of carboxylic acid groups (broad SMARTS) is 1. The van der Waals surface area contributed by atoms with Crippen LogP contribution in [0, 0.1) is 0 Å². The minimum atomic E-state index is -0.889. The first kappa shape index (κ1) is 17.5. The highest BCUT2D eigenvalue weighted by molar-refractivity contribution is 5.87. The summed E-state index contributed by atoms with van der Waals surface area (Å²) < 4.78 is 5.45. The van der Waals surface area contributed by atoms with Crippen LogP contribution < -0.4 is 4.90 Å². The topological polar surface area (TPSA) is 53.0 Å². The van der Waals surface area contributed by atoms with Gasteiger partial charge in [-0.3, -0.25) is 4.90 Å². The van der Waals surface area contributed by atoms with Crippen molar-refractivity contribution in [3.05, 3.63) is 65.2 Å². The molecule has 0 atom stereocenters. The molecule has 2 aromatic carbocycles. The van der Waals surface area contributed by atoms with Crippen molar-refractivity contribution in [3.8, 4) is 0 Å². The second-order valence-corrected chi connectivity index (χ2v) is 6.40. The number of aromatic carboxylic acids is 1. The van der Waals surface area contributed by atoms with Crippen molar-refractivity contribution in [2.24, 2.45) is 0 Å². The zero-order valence-electron chi connectivity index (χ0n) is 14.5. The number of benzene rings is 2. The highest BCUT2D eigenvalue weighted by Crippen LogP contribution is 2.23. The second-order valence-electron chi connectivity index (χ2n) is 6.40. The largest absolute Gasteiger partial charge is 0.478 e. The Morgan fingerprint density at radius 1 is 1.08 bits per heavy atom. The quantitative estimate of drug-likeness (QED) is 0.876. The summed E-state index contributed by atoms with van der Waals surface area (Å²) in [6.45, 7) is 5.03. The van der Waals surface area contributed by atoms with Crippen LogP contribution >= 0.6 is 0 Å². The monoisotopic (exact) mass is 340 g/mol. The number of para-hydroxylation sites is 1. The van der Waals surface area contributed by atoms with Gasteiger partial charge in [0.1, 0.15) is 0 Å². The van der Waals surface area contributed by atoms with E-state index in [-0.39, 0.29) is 0 Å². The van der Waals surface area contributed by atoms with Gasteiger partial charge in [0.05, 0.1) is 18.8 Å². The van der Waals surface area contributed by atoms with E-state index in [2.05, 4.69) is 41.1 Å². The van der Waals surface area contributed by atoms with E-state index in [1.54, 1.807) is 12.1 Å². The van der Waals surface area contributed by atoms with Crippen molar-refractivity contribution in [1.29, 1.82) is 0 Å². The van der Waals surface area contributed by atoms with Crippen LogP contribution in [0.4, 0.5) is 5.69 Å². The highest BCUT2D eigenvalue weighted by atomic mass is 16.5. The lowest BCUT2D eigenvalue weighted by atomic mass is 10.1. The molecule has 1 fully saturated rings. The van der Waals surface area contributed by atoms with E-state index in [0.717, 1.165) is 45.0 Å². The van der Waals surface area contributed by atoms with E-state index in [1.807, 2.05) is 12.1 Å². The molecule has 2 aromatic rings. The zero-order chi connectivity index (χ0) is 17.6. The molecule has 5 nitrogen and oxygen atoms in total. The van der Waals surface area contributed by atoms with Gasteiger partial charge in [-0.05, 0) is 36.4 Å². The maximum absolute atomic E-state index is 10.9. The lowest BCUT2D eigenvalue weighted by Gasteiger charge is -2.31. The van der Waals surface area contributed by atoms with Crippen LogP contribution in [0.5, 0.6) is 0 Å². The molecule has 1 saturated heterocycles. The van der Waals surface area contributed by atoms with Crippen LogP contribution in [0.15, 0.2) is 48.5 Å². The Hall–Kier alpha value is -2.37. The van der Waals surface area contributed by atoms with Crippen molar-refractivity contribution >= 4 is 11.7 Å². The van der Waals surface area contributed by atoms with Crippen molar-refractivity contribution in [2.75, 3.05) is 38.3 Å². The molecule has 25 heavy (non-hydrogen) atoms. The Morgan fingerprint density at radius 2 is 1.76 bits per heavy atom. The Balaban J connectivity index is 1.66. The average Bonchev–Trinajstić information content (AvgIpc) is 2.63. The third kappa shape index (κ3) is 4.59. The maximum Gasteiger partial charge on any atom is 0.335 e. The SMILES string of the molecule is CN(Cc1ccc(C(=O)O)cc1)Cc1ccccc1N1CCOCC1. The number of hydrogen-bond donors (Lipinski definition) is 1. The number of anilines is 1. The van der Waals surface area contributed by atoms with Gasteiger partial charge in [-0.1, -0.05) is 30.3 Å². The summed E-state index contributed by atoms with van der Waals surface area (Å²) in [6.07, 6.45) is 0. The van der Waals surface area contributed by atoms with Gasteiger partial charge in [0.25, 0.3) is 0 Å². The van der Waals surface area contributed by atoms with E-state index in [1.165, 1.54) is 11.3 Å². The number of nitrogens with zero attached hydrogens (tertiary/aromatic N) is 2. The zero-order valence-corrected chi connectivity index (χ0v) is 14.5. The van der Waals surface area contributed by atoms with E-state index in [4.69, 9.17) is 9.84 Å². The minimum Gasteiger partial charge on any atom is -0.478 e. The van der Waals surface area contributed by atoms with E-state index >= 15 is 0 Å². The van der Waals surface area contributed by atoms with Crippen LogP contribution in [0.25, 0.3) is 0 Å². The van der Waals surface area contributed by atoms with Gasteiger partial charge in [-0.25, -0.2) is 4.79 Å². The van der Waals surface area contributed by atoms with Gasteiger partial charge in [-0.15, -0.1) is 0 Å². The van der Waals surface area contributed by atoms with Crippen molar-refractivity contribution in [1.82, 2.24) is 4.90 Å². The van der Waals surface area contributed by atoms with Crippen LogP contribution in [-0.2, 0) is 17.8 Å². The third-order valence-electron chi connectivity index (χ3n) is 4.44. The molecule has 0 saturated carbocycles. The maximum atomic E-state index is 10.9. The number of hydrogen-bond acceptors (Lipinski definition) is 4.